The summed E-state index contributed by atoms with van der Waals surface area (Å²) in [7, 11) is 0. The van der Waals surface area contributed by atoms with E-state index < -0.39 is 29.0 Å². The van der Waals surface area contributed by atoms with Crippen molar-refractivity contribution in [3.8, 4) is 0 Å². The highest BCUT2D eigenvalue weighted by atomic mass is 16.6. The molecule has 160 valence electrons. The maximum absolute atomic E-state index is 11.7. The number of aliphatic hydroxyl groups is 3. The first-order valence-corrected chi connectivity index (χ1v) is 11.4. The molecule has 5 fully saturated rings. The Morgan fingerprint density at radius 3 is 2.62 bits per heavy atom. The lowest BCUT2D eigenvalue weighted by Crippen LogP contribution is -2.67. The minimum atomic E-state index is -1.05. The molecule has 9 atom stereocenters. The van der Waals surface area contributed by atoms with Gasteiger partial charge in [-0.1, -0.05) is 6.92 Å². The van der Waals surface area contributed by atoms with Crippen LogP contribution in [0, 0.1) is 28.6 Å². The molecule has 6 aliphatic rings. The average Bonchev–Trinajstić information content (AvgIpc) is 3.29. The fourth-order valence-electron chi connectivity index (χ4n) is 9.19. The molecule has 0 amide bonds. The molecule has 1 spiro atoms. The van der Waals surface area contributed by atoms with E-state index in [1.807, 2.05) is 0 Å². The third-order valence-electron chi connectivity index (χ3n) is 10.3. The molecule has 0 aromatic heterocycles. The summed E-state index contributed by atoms with van der Waals surface area (Å²) >= 11 is 0. The van der Waals surface area contributed by atoms with Crippen LogP contribution in [0.3, 0.4) is 0 Å². The fraction of sp³-hybridized carbons (Fsp3) is 0.870. The molecule has 2 bridgehead atoms. The fourth-order valence-corrected chi connectivity index (χ4v) is 9.19. The van der Waals surface area contributed by atoms with Crippen molar-refractivity contribution in [2.75, 3.05) is 6.61 Å². The first kappa shape index (κ1) is 18.8. The number of aliphatic hydroxyl groups excluding tert-OH is 2. The molecular formula is C23H32O6. The molecule has 6 heteroatoms. The number of carbonyl (C=O) groups excluding carboxylic acids is 1. The molecular weight excluding hydrogens is 372 g/mol. The summed E-state index contributed by atoms with van der Waals surface area (Å²) in [4.78, 5) is 11.7. The second kappa shape index (κ2) is 5.64. The van der Waals surface area contributed by atoms with Gasteiger partial charge in [0.05, 0.1) is 22.7 Å². The van der Waals surface area contributed by atoms with Crippen molar-refractivity contribution in [3.63, 3.8) is 0 Å². The molecule has 3 N–H and O–H groups in total. The van der Waals surface area contributed by atoms with Crippen molar-refractivity contribution < 1.29 is 29.6 Å². The van der Waals surface area contributed by atoms with Crippen molar-refractivity contribution in [2.24, 2.45) is 28.6 Å². The zero-order chi connectivity index (χ0) is 20.2. The van der Waals surface area contributed by atoms with E-state index in [9.17, 15) is 20.1 Å². The van der Waals surface area contributed by atoms with Crippen molar-refractivity contribution in [1.82, 2.24) is 0 Å². The third-order valence-corrected chi connectivity index (χ3v) is 10.3. The molecule has 0 aromatic rings. The van der Waals surface area contributed by atoms with Gasteiger partial charge in [0.2, 0.25) is 0 Å². The summed E-state index contributed by atoms with van der Waals surface area (Å²) in [6.07, 6.45) is 7.10. The highest BCUT2D eigenvalue weighted by molar-refractivity contribution is 5.85. The maximum Gasteiger partial charge on any atom is 0.331 e. The van der Waals surface area contributed by atoms with Gasteiger partial charge in [-0.25, -0.2) is 4.79 Å². The van der Waals surface area contributed by atoms with Gasteiger partial charge in [0.15, 0.2) is 6.29 Å². The Morgan fingerprint density at radius 1 is 1.03 bits per heavy atom. The summed E-state index contributed by atoms with van der Waals surface area (Å²) < 4.78 is 11.8. The van der Waals surface area contributed by atoms with Gasteiger partial charge in [-0.3, -0.25) is 0 Å². The monoisotopic (exact) mass is 404 g/mol. The quantitative estimate of drug-likeness (QED) is 0.579. The van der Waals surface area contributed by atoms with Gasteiger partial charge in [0, 0.05) is 18.4 Å². The first-order chi connectivity index (χ1) is 13.8. The van der Waals surface area contributed by atoms with E-state index >= 15 is 0 Å². The van der Waals surface area contributed by atoms with Gasteiger partial charge in [-0.2, -0.15) is 0 Å². The molecule has 0 radical (unpaired) electrons. The van der Waals surface area contributed by atoms with E-state index in [-0.39, 0.29) is 17.3 Å². The van der Waals surface area contributed by atoms with Gasteiger partial charge in [-0.15, -0.1) is 0 Å². The Balaban J connectivity index is 1.40. The third kappa shape index (κ3) is 2.05. The molecule has 6 nitrogen and oxygen atoms in total. The molecule has 8 unspecified atom stereocenters. The van der Waals surface area contributed by atoms with E-state index in [1.54, 1.807) is 6.08 Å². The molecule has 4 aliphatic carbocycles. The minimum Gasteiger partial charge on any atom is -0.458 e. The number of rotatable bonds is 1. The van der Waals surface area contributed by atoms with E-state index in [1.165, 1.54) is 0 Å². The standard InChI is InChI=1S/C23H32O6/c1-20-6-5-17-22-7-4-14(24)11-21(22,27)8-9-23(17,29-19(22)26)16(20)3-2-15(20)13-10-18(25)28-12-13/h10,14-17,19,24,26-27H,2-9,11-12H2,1H3/t14?,15-,16?,17?,19?,20?,21?,22?,23?/m0/s1. The average molecular weight is 405 g/mol. The van der Waals surface area contributed by atoms with Crippen molar-refractivity contribution >= 4 is 5.97 Å². The summed E-state index contributed by atoms with van der Waals surface area (Å²) in [5.74, 6) is 0.527. The Bertz CT molecular complexity index is 794. The predicted octanol–water partition coefficient (Wildman–Crippen LogP) is 2.06. The lowest BCUT2D eigenvalue weighted by Gasteiger charge is -2.63. The molecule has 2 heterocycles. The number of esters is 1. The lowest BCUT2D eigenvalue weighted by atomic mass is 9.42. The smallest absolute Gasteiger partial charge is 0.331 e. The summed E-state index contributed by atoms with van der Waals surface area (Å²) in [6.45, 7) is 2.75. The Hall–Kier alpha value is -0.950. The van der Waals surface area contributed by atoms with Crippen LogP contribution in [0.1, 0.15) is 64.7 Å². The molecule has 1 saturated heterocycles. The van der Waals surface area contributed by atoms with E-state index in [4.69, 9.17) is 9.47 Å². The van der Waals surface area contributed by atoms with Gasteiger partial charge in [0.1, 0.15) is 6.61 Å². The van der Waals surface area contributed by atoms with Crippen molar-refractivity contribution in [1.29, 1.82) is 0 Å². The van der Waals surface area contributed by atoms with Crippen LogP contribution >= 0.6 is 0 Å². The number of fused-ring (bicyclic) bond motifs is 1. The zero-order valence-corrected chi connectivity index (χ0v) is 17.1. The molecule has 0 aromatic carbocycles. The van der Waals surface area contributed by atoms with Gasteiger partial charge in [-0.05, 0) is 74.2 Å². The number of carbonyl (C=O) groups is 1. The second-order valence-corrected chi connectivity index (χ2v) is 11.0. The summed E-state index contributed by atoms with van der Waals surface area (Å²) in [6, 6.07) is 0. The van der Waals surface area contributed by atoms with E-state index in [0.717, 1.165) is 37.7 Å². The largest absolute Gasteiger partial charge is 0.458 e. The van der Waals surface area contributed by atoms with Crippen LogP contribution < -0.4 is 0 Å². The summed E-state index contributed by atoms with van der Waals surface area (Å²) in [5.41, 5.74) is -0.967. The predicted molar refractivity (Wildman–Crippen MR) is 102 cm³/mol. The first-order valence-electron chi connectivity index (χ1n) is 11.4. The summed E-state index contributed by atoms with van der Waals surface area (Å²) in [5, 5.41) is 33.1. The van der Waals surface area contributed by atoms with Gasteiger partial charge >= 0.3 is 5.97 Å². The van der Waals surface area contributed by atoms with Crippen LogP contribution in [0.4, 0.5) is 0 Å². The number of hydrogen-bond acceptors (Lipinski definition) is 6. The Labute approximate surface area is 171 Å². The van der Waals surface area contributed by atoms with Crippen LogP contribution in [0.2, 0.25) is 0 Å². The van der Waals surface area contributed by atoms with E-state index in [0.29, 0.717) is 44.1 Å². The molecule has 4 saturated carbocycles. The SMILES string of the molecule is CC12CCC3C4(CCC5(O)CC(O)CCC35C(O)O4)C1CC[C@H]2C1=CC(=O)OC1. The van der Waals surface area contributed by atoms with E-state index in [2.05, 4.69) is 6.92 Å². The minimum absolute atomic E-state index is 0.0190. The van der Waals surface area contributed by atoms with Gasteiger partial charge in [0.25, 0.3) is 0 Å². The second-order valence-electron chi connectivity index (χ2n) is 11.0. The lowest BCUT2D eigenvalue weighted by molar-refractivity contribution is -0.231. The number of cyclic esters (lactones) is 1. The normalized spacial score (nSPS) is 58.3. The molecule has 2 aliphatic heterocycles. The van der Waals surface area contributed by atoms with Crippen LogP contribution in [0.25, 0.3) is 0 Å². The maximum atomic E-state index is 11.7. The zero-order valence-electron chi connectivity index (χ0n) is 17.1. The topological polar surface area (TPSA) is 96.2 Å². The van der Waals surface area contributed by atoms with Gasteiger partial charge < -0.3 is 24.8 Å². The van der Waals surface area contributed by atoms with Crippen molar-refractivity contribution in [2.45, 2.75) is 88.3 Å². The Kier molecular flexibility index (Phi) is 3.65. The van der Waals surface area contributed by atoms with Crippen LogP contribution in [0.15, 0.2) is 11.6 Å². The van der Waals surface area contributed by atoms with Crippen molar-refractivity contribution in [3.05, 3.63) is 11.6 Å². The van der Waals surface area contributed by atoms with Crippen LogP contribution in [-0.2, 0) is 14.3 Å². The molecule has 29 heavy (non-hydrogen) atoms. The van der Waals surface area contributed by atoms with Crippen LogP contribution in [-0.4, -0.2) is 51.5 Å². The molecule has 6 rings (SSSR count). The van der Waals surface area contributed by atoms with Crippen LogP contribution in [0.5, 0.6) is 0 Å². The number of ether oxygens (including phenoxy) is 2. The highest BCUT2D eigenvalue weighted by Gasteiger charge is 2.79. The Morgan fingerprint density at radius 2 is 1.86 bits per heavy atom. The highest BCUT2D eigenvalue weighted by Crippen LogP contribution is 2.75. The number of hydrogen-bond donors (Lipinski definition) is 3.